The summed E-state index contributed by atoms with van der Waals surface area (Å²) in [6, 6.07) is 6.06. The smallest absolute Gasteiger partial charge is 0.306 e. The van der Waals surface area contributed by atoms with Crippen molar-refractivity contribution in [3.63, 3.8) is 0 Å². The number of aryl methyl sites for hydroxylation is 2. The Morgan fingerprint density at radius 2 is 2.29 bits per heavy atom. The molecule has 0 heterocycles. The Kier molecular flexibility index (Phi) is 3.36. The van der Waals surface area contributed by atoms with Crippen LogP contribution in [-0.2, 0) is 11.2 Å². The van der Waals surface area contributed by atoms with Crippen molar-refractivity contribution >= 4 is 5.97 Å². The minimum Gasteiger partial charge on any atom is -0.497 e. The standard InChI is InChI=1S/C14H18O3/c1-9-7-12(17-2)6-5-10(9)3-4-11-8-13(11)14(15)16/h5-7,11,13H,3-4,8H2,1-2H3,(H,15,16). The summed E-state index contributed by atoms with van der Waals surface area (Å²) in [7, 11) is 1.66. The van der Waals surface area contributed by atoms with Crippen LogP contribution < -0.4 is 4.74 Å². The molecule has 2 atom stereocenters. The van der Waals surface area contributed by atoms with Gasteiger partial charge >= 0.3 is 5.97 Å². The maximum atomic E-state index is 10.7. The molecule has 0 radical (unpaired) electrons. The van der Waals surface area contributed by atoms with Crippen LogP contribution in [0.4, 0.5) is 0 Å². The van der Waals surface area contributed by atoms with Gasteiger partial charge in [-0.15, -0.1) is 0 Å². The summed E-state index contributed by atoms with van der Waals surface area (Å²) in [5, 5.41) is 8.83. The molecule has 3 nitrogen and oxygen atoms in total. The van der Waals surface area contributed by atoms with Crippen molar-refractivity contribution in [1.82, 2.24) is 0 Å². The number of hydrogen-bond acceptors (Lipinski definition) is 2. The van der Waals surface area contributed by atoms with Crippen LogP contribution in [0.2, 0.25) is 0 Å². The highest BCUT2D eigenvalue weighted by Gasteiger charge is 2.42. The quantitative estimate of drug-likeness (QED) is 0.852. The predicted molar refractivity (Wildman–Crippen MR) is 65.3 cm³/mol. The van der Waals surface area contributed by atoms with Crippen molar-refractivity contribution in [3.8, 4) is 5.75 Å². The van der Waals surface area contributed by atoms with Crippen molar-refractivity contribution < 1.29 is 14.6 Å². The molecule has 0 amide bonds. The molecule has 0 aliphatic heterocycles. The van der Waals surface area contributed by atoms with Gasteiger partial charge in [0.05, 0.1) is 13.0 Å². The second-order valence-corrected chi connectivity index (χ2v) is 4.77. The molecule has 1 aliphatic carbocycles. The first-order valence-corrected chi connectivity index (χ1v) is 5.98. The summed E-state index contributed by atoms with van der Waals surface area (Å²) in [6.07, 6.45) is 2.79. The first-order chi connectivity index (χ1) is 8.11. The zero-order chi connectivity index (χ0) is 12.4. The van der Waals surface area contributed by atoms with Crippen molar-refractivity contribution in [2.45, 2.75) is 26.2 Å². The predicted octanol–water partition coefficient (Wildman–Crippen LogP) is 2.66. The summed E-state index contributed by atoms with van der Waals surface area (Å²) >= 11 is 0. The van der Waals surface area contributed by atoms with Gasteiger partial charge < -0.3 is 9.84 Å². The third kappa shape index (κ3) is 2.78. The first-order valence-electron chi connectivity index (χ1n) is 5.98. The Hall–Kier alpha value is -1.51. The molecule has 0 bridgehead atoms. The summed E-state index contributed by atoms with van der Waals surface area (Å²) in [4.78, 5) is 10.7. The van der Waals surface area contributed by atoms with Crippen LogP contribution in [0, 0.1) is 18.8 Å². The number of ether oxygens (including phenoxy) is 1. The van der Waals surface area contributed by atoms with E-state index < -0.39 is 5.97 Å². The van der Waals surface area contributed by atoms with Gasteiger partial charge in [0.25, 0.3) is 0 Å². The number of carboxylic acid groups (broad SMARTS) is 1. The van der Waals surface area contributed by atoms with E-state index >= 15 is 0 Å². The SMILES string of the molecule is COc1ccc(CCC2CC2C(=O)O)c(C)c1. The van der Waals surface area contributed by atoms with E-state index in [4.69, 9.17) is 9.84 Å². The molecule has 2 unspecified atom stereocenters. The van der Waals surface area contributed by atoms with Crippen LogP contribution in [0.5, 0.6) is 5.75 Å². The highest BCUT2D eigenvalue weighted by atomic mass is 16.5. The molecule has 1 aliphatic rings. The van der Waals surface area contributed by atoms with Gasteiger partial charge in [-0.1, -0.05) is 6.07 Å². The molecule has 1 saturated carbocycles. The summed E-state index contributed by atoms with van der Waals surface area (Å²) in [6.45, 7) is 2.07. The molecule has 0 spiro atoms. The van der Waals surface area contributed by atoms with Crippen LogP contribution in [0.3, 0.4) is 0 Å². The maximum Gasteiger partial charge on any atom is 0.306 e. The fraction of sp³-hybridized carbons (Fsp3) is 0.500. The molecule has 2 rings (SSSR count). The molecule has 17 heavy (non-hydrogen) atoms. The molecule has 1 N–H and O–H groups in total. The number of aliphatic carboxylic acids is 1. The van der Waals surface area contributed by atoms with E-state index in [0.717, 1.165) is 25.0 Å². The van der Waals surface area contributed by atoms with Crippen molar-refractivity contribution in [2.24, 2.45) is 11.8 Å². The molecule has 0 aromatic heterocycles. The Morgan fingerprint density at radius 3 is 2.82 bits per heavy atom. The van der Waals surface area contributed by atoms with Crippen molar-refractivity contribution in [3.05, 3.63) is 29.3 Å². The minimum atomic E-state index is -0.638. The topological polar surface area (TPSA) is 46.5 Å². The lowest BCUT2D eigenvalue weighted by molar-refractivity contribution is -0.138. The van der Waals surface area contributed by atoms with Gasteiger partial charge in [0, 0.05) is 0 Å². The third-order valence-corrected chi connectivity index (χ3v) is 3.57. The number of carbonyl (C=O) groups is 1. The van der Waals surface area contributed by atoms with Gasteiger partial charge in [-0.2, -0.15) is 0 Å². The van der Waals surface area contributed by atoms with Crippen LogP contribution in [0.25, 0.3) is 0 Å². The third-order valence-electron chi connectivity index (χ3n) is 3.57. The fourth-order valence-corrected chi connectivity index (χ4v) is 2.29. The van der Waals surface area contributed by atoms with E-state index in [2.05, 4.69) is 13.0 Å². The number of benzene rings is 1. The van der Waals surface area contributed by atoms with Crippen molar-refractivity contribution in [2.75, 3.05) is 7.11 Å². The number of hydrogen-bond donors (Lipinski definition) is 1. The minimum absolute atomic E-state index is 0.0893. The highest BCUT2D eigenvalue weighted by molar-refractivity contribution is 5.73. The van der Waals surface area contributed by atoms with E-state index in [0.29, 0.717) is 5.92 Å². The molecule has 1 aromatic rings. The lowest BCUT2D eigenvalue weighted by Crippen LogP contribution is -2.00. The van der Waals surface area contributed by atoms with Crippen LogP contribution in [0.1, 0.15) is 24.0 Å². The fourth-order valence-electron chi connectivity index (χ4n) is 2.29. The average Bonchev–Trinajstić information content (AvgIpc) is 3.07. The van der Waals surface area contributed by atoms with Gasteiger partial charge in [-0.05, 0) is 55.4 Å². The lowest BCUT2D eigenvalue weighted by atomic mass is 10.0. The monoisotopic (exact) mass is 234 g/mol. The van der Waals surface area contributed by atoms with Gasteiger partial charge in [0.1, 0.15) is 5.75 Å². The molecule has 92 valence electrons. The number of methoxy groups -OCH3 is 1. The zero-order valence-electron chi connectivity index (χ0n) is 10.3. The summed E-state index contributed by atoms with van der Waals surface area (Å²) in [5.74, 6) is 0.532. The zero-order valence-corrected chi connectivity index (χ0v) is 10.3. The van der Waals surface area contributed by atoms with Crippen LogP contribution >= 0.6 is 0 Å². The Balaban J connectivity index is 1.90. The molecular weight excluding hydrogens is 216 g/mol. The van der Waals surface area contributed by atoms with Crippen molar-refractivity contribution in [1.29, 1.82) is 0 Å². The number of rotatable bonds is 5. The second-order valence-electron chi connectivity index (χ2n) is 4.77. The van der Waals surface area contributed by atoms with E-state index in [1.807, 2.05) is 12.1 Å². The molecular formula is C14H18O3. The molecule has 1 aromatic carbocycles. The van der Waals surface area contributed by atoms with Gasteiger partial charge in [-0.3, -0.25) is 4.79 Å². The summed E-state index contributed by atoms with van der Waals surface area (Å²) in [5.41, 5.74) is 2.51. The normalized spacial score (nSPS) is 22.2. The van der Waals surface area contributed by atoms with Gasteiger partial charge in [0.2, 0.25) is 0 Å². The Bertz CT molecular complexity index is 425. The average molecular weight is 234 g/mol. The van der Waals surface area contributed by atoms with E-state index in [1.165, 1.54) is 11.1 Å². The Morgan fingerprint density at radius 1 is 1.53 bits per heavy atom. The van der Waals surface area contributed by atoms with E-state index in [1.54, 1.807) is 7.11 Å². The second kappa shape index (κ2) is 4.78. The largest absolute Gasteiger partial charge is 0.497 e. The molecule has 0 saturated heterocycles. The maximum absolute atomic E-state index is 10.7. The summed E-state index contributed by atoms with van der Waals surface area (Å²) < 4.78 is 5.16. The van der Waals surface area contributed by atoms with E-state index in [9.17, 15) is 4.79 Å². The molecule has 1 fully saturated rings. The van der Waals surface area contributed by atoms with E-state index in [-0.39, 0.29) is 5.92 Å². The Labute approximate surface area is 101 Å². The first kappa shape index (κ1) is 12.0. The van der Waals surface area contributed by atoms with Gasteiger partial charge in [0.15, 0.2) is 0 Å². The molecule has 3 heteroatoms. The van der Waals surface area contributed by atoms with Gasteiger partial charge in [-0.25, -0.2) is 0 Å². The van der Waals surface area contributed by atoms with Crippen LogP contribution in [-0.4, -0.2) is 18.2 Å². The van der Waals surface area contributed by atoms with Crippen LogP contribution in [0.15, 0.2) is 18.2 Å². The number of carboxylic acids is 1. The highest BCUT2D eigenvalue weighted by Crippen LogP contribution is 2.42. The lowest BCUT2D eigenvalue weighted by Gasteiger charge is -2.07.